The lowest BCUT2D eigenvalue weighted by Gasteiger charge is -2.29. The van der Waals surface area contributed by atoms with Crippen molar-refractivity contribution in [3.63, 3.8) is 0 Å². The van der Waals surface area contributed by atoms with Gasteiger partial charge in [0.1, 0.15) is 6.54 Å². The molecular weight excluding hydrogens is 454 g/mol. The van der Waals surface area contributed by atoms with Crippen LogP contribution in [-0.4, -0.2) is 65.9 Å². The van der Waals surface area contributed by atoms with Gasteiger partial charge in [-0.2, -0.15) is 5.10 Å². The Morgan fingerprint density at radius 1 is 1.03 bits per heavy atom. The molecule has 8 heteroatoms. The molecule has 4 rings (SSSR count). The number of nitrogens with zero attached hydrogens (tertiary/aromatic N) is 4. The van der Waals surface area contributed by atoms with Crippen LogP contribution < -0.4 is 10.2 Å². The zero-order valence-electron chi connectivity index (χ0n) is 21.1. The molecule has 0 atom stereocenters. The van der Waals surface area contributed by atoms with Crippen LogP contribution in [0, 0.1) is 13.8 Å². The SMILES string of the molecule is CCN(CC(=O)Nc1ccc(N2CCOCC2)cc1)C(=O)/C=C/c1c(C)nn(-c2ccccc2)c1C. The lowest BCUT2D eigenvalue weighted by molar-refractivity contribution is -0.130. The second-order valence-electron chi connectivity index (χ2n) is 8.71. The Morgan fingerprint density at radius 2 is 1.72 bits per heavy atom. The molecule has 8 nitrogen and oxygen atoms in total. The third kappa shape index (κ3) is 6.01. The third-order valence-electron chi connectivity index (χ3n) is 6.30. The molecule has 36 heavy (non-hydrogen) atoms. The standard InChI is InChI=1S/C28H33N5O3/c1-4-31(20-27(34)29-23-10-12-24(13-11-23)32-16-18-36-19-17-32)28(35)15-14-26-21(2)30-33(22(26)3)25-8-6-5-7-9-25/h5-15H,4,16-20H2,1-3H3,(H,29,34)/b15-14+. The first-order chi connectivity index (χ1) is 17.5. The molecule has 1 fully saturated rings. The first-order valence-corrected chi connectivity index (χ1v) is 12.3. The van der Waals surface area contributed by atoms with E-state index in [1.54, 1.807) is 6.08 Å². The molecule has 0 bridgehead atoms. The molecule has 3 aromatic rings. The first kappa shape index (κ1) is 25.2. The van der Waals surface area contributed by atoms with Crippen molar-refractivity contribution in [1.29, 1.82) is 0 Å². The fraction of sp³-hybridized carbons (Fsp3) is 0.321. The van der Waals surface area contributed by atoms with E-state index in [0.717, 1.165) is 54.6 Å². The summed E-state index contributed by atoms with van der Waals surface area (Å²) in [6, 6.07) is 17.6. The molecule has 0 saturated carbocycles. The highest BCUT2D eigenvalue weighted by Crippen LogP contribution is 2.20. The Kier molecular flexibility index (Phi) is 8.17. The topological polar surface area (TPSA) is 79.7 Å². The normalized spacial score (nSPS) is 13.7. The Labute approximate surface area is 212 Å². The summed E-state index contributed by atoms with van der Waals surface area (Å²) in [7, 11) is 0. The lowest BCUT2D eigenvalue weighted by Crippen LogP contribution is -2.37. The van der Waals surface area contributed by atoms with E-state index in [1.807, 2.05) is 80.1 Å². The quantitative estimate of drug-likeness (QED) is 0.489. The molecule has 2 amide bonds. The maximum atomic E-state index is 12.9. The number of anilines is 2. The molecule has 188 valence electrons. The Hall–Kier alpha value is -3.91. The van der Waals surface area contributed by atoms with Gasteiger partial charge in [-0.05, 0) is 63.2 Å². The molecule has 2 aromatic carbocycles. The maximum Gasteiger partial charge on any atom is 0.247 e. The van der Waals surface area contributed by atoms with Crippen molar-refractivity contribution in [2.45, 2.75) is 20.8 Å². The van der Waals surface area contributed by atoms with Gasteiger partial charge in [0.05, 0.1) is 24.6 Å². The number of para-hydroxylation sites is 1. The van der Waals surface area contributed by atoms with Gasteiger partial charge < -0.3 is 19.9 Å². The summed E-state index contributed by atoms with van der Waals surface area (Å²) < 4.78 is 7.27. The summed E-state index contributed by atoms with van der Waals surface area (Å²) in [5, 5.41) is 7.51. The van der Waals surface area contributed by atoms with Gasteiger partial charge in [0.25, 0.3) is 0 Å². The van der Waals surface area contributed by atoms with E-state index >= 15 is 0 Å². The second-order valence-corrected chi connectivity index (χ2v) is 8.71. The van der Waals surface area contributed by atoms with Crippen LogP contribution in [0.25, 0.3) is 11.8 Å². The molecule has 1 aliphatic heterocycles. The highest BCUT2D eigenvalue weighted by molar-refractivity contribution is 5.98. The van der Waals surface area contributed by atoms with Crippen LogP contribution in [0.5, 0.6) is 0 Å². The number of amides is 2. The molecule has 0 spiro atoms. The van der Waals surface area contributed by atoms with Gasteiger partial charge in [-0.25, -0.2) is 4.68 Å². The number of nitrogens with one attached hydrogen (secondary N) is 1. The minimum Gasteiger partial charge on any atom is -0.378 e. The molecule has 1 N–H and O–H groups in total. The number of likely N-dealkylation sites (N-methyl/N-ethyl adjacent to an activating group) is 1. The van der Waals surface area contributed by atoms with Gasteiger partial charge in [-0.15, -0.1) is 0 Å². The van der Waals surface area contributed by atoms with Crippen molar-refractivity contribution in [2.75, 3.05) is 49.6 Å². The van der Waals surface area contributed by atoms with Crippen molar-refractivity contribution < 1.29 is 14.3 Å². The van der Waals surface area contributed by atoms with Crippen LogP contribution in [0.3, 0.4) is 0 Å². The average Bonchev–Trinajstić information content (AvgIpc) is 3.20. The van der Waals surface area contributed by atoms with Crippen LogP contribution in [-0.2, 0) is 14.3 Å². The van der Waals surface area contributed by atoms with Gasteiger partial charge in [0, 0.05) is 48.3 Å². The van der Waals surface area contributed by atoms with Crippen LogP contribution in [0.15, 0.2) is 60.7 Å². The highest BCUT2D eigenvalue weighted by atomic mass is 16.5. The summed E-state index contributed by atoms with van der Waals surface area (Å²) >= 11 is 0. The number of benzene rings is 2. The van der Waals surface area contributed by atoms with Gasteiger partial charge in [-0.1, -0.05) is 18.2 Å². The number of morpholine rings is 1. The van der Waals surface area contributed by atoms with Crippen molar-refractivity contribution in [1.82, 2.24) is 14.7 Å². The van der Waals surface area contributed by atoms with E-state index in [0.29, 0.717) is 12.2 Å². The predicted molar refractivity (Wildman–Crippen MR) is 142 cm³/mol. The number of hydrogen-bond acceptors (Lipinski definition) is 5. The number of rotatable bonds is 8. The summed E-state index contributed by atoms with van der Waals surface area (Å²) in [5.41, 5.74) is 5.45. The third-order valence-corrected chi connectivity index (χ3v) is 6.30. The number of hydrogen-bond donors (Lipinski definition) is 1. The molecule has 0 radical (unpaired) electrons. The zero-order chi connectivity index (χ0) is 25.5. The van der Waals surface area contributed by atoms with Crippen LogP contribution >= 0.6 is 0 Å². The minimum absolute atomic E-state index is 0.0217. The van der Waals surface area contributed by atoms with E-state index in [2.05, 4.69) is 15.3 Å². The Morgan fingerprint density at radius 3 is 2.39 bits per heavy atom. The molecule has 2 heterocycles. The molecule has 1 saturated heterocycles. The summed E-state index contributed by atoms with van der Waals surface area (Å²) in [6.07, 6.45) is 3.30. The van der Waals surface area contributed by atoms with Crippen LogP contribution in [0.2, 0.25) is 0 Å². The number of aryl methyl sites for hydroxylation is 1. The largest absolute Gasteiger partial charge is 0.378 e. The molecule has 1 aromatic heterocycles. The number of carbonyl (C=O) groups excluding carboxylic acids is 2. The summed E-state index contributed by atoms with van der Waals surface area (Å²) in [6.45, 7) is 9.33. The van der Waals surface area contributed by atoms with Gasteiger partial charge in [-0.3, -0.25) is 9.59 Å². The summed E-state index contributed by atoms with van der Waals surface area (Å²) in [5.74, 6) is -0.455. The van der Waals surface area contributed by atoms with Crippen molar-refractivity contribution in [3.8, 4) is 5.69 Å². The monoisotopic (exact) mass is 487 g/mol. The van der Waals surface area contributed by atoms with Crippen molar-refractivity contribution in [3.05, 3.63) is 77.6 Å². The molecule has 1 aliphatic rings. The van der Waals surface area contributed by atoms with Gasteiger partial charge in [0.2, 0.25) is 11.8 Å². The first-order valence-electron chi connectivity index (χ1n) is 12.3. The average molecular weight is 488 g/mol. The Bertz CT molecular complexity index is 1210. The fourth-order valence-corrected chi connectivity index (χ4v) is 4.27. The van der Waals surface area contributed by atoms with E-state index in [1.165, 1.54) is 11.0 Å². The zero-order valence-corrected chi connectivity index (χ0v) is 21.1. The van der Waals surface area contributed by atoms with Crippen LogP contribution in [0.1, 0.15) is 23.9 Å². The smallest absolute Gasteiger partial charge is 0.247 e. The molecular formula is C28H33N5O3. The summed E-state index contributed by atoms with van der Waals surface area (Å²) in [4.78, 5) is 29.3. The molecule has 0 aliphatic carbocycles. The minimum atomic E-state index is -0.234. The van der Waals surface area contributed by atoms with Gasteiger partial charge >= 0.3 is 0 Å². The van der Waals surface area contributed by atoms with Gasteiger partial charge in [0.15, 0.2) is 0 Å². The maximum absolute atomic E-state index is 12.9. The fourth-order valence-electron chi connectivity index (χ4n) is 4.27. The lowest BCUT2D eigenvalue weighted by atomic mass is 10.1. The highest BCUT2D eigenvalue weighted by Gasteiger charge is 2.16. The Balaban J connectivity index is 1.36. The van der Waals surface area contributed by atoms with E-state index in [-0.39, 0.29) is 18.4 Å². The van der Waals surface area contributed by atoms with Crippen molar-refractivity contribution in [2.24, 2.45) is 0 Å². The van der Waals surface area contributed by atoms with E-state index in [9.17, 15) is 9.59 Å². The van der Waals surface area contributed by atoms with Crippen LogP contribution in [0.4, 0.5) is 11.4 Å². The second kappa shape index (κ2) is 11.7. The van der Waals surface area contributed by atoms with Crippen molar-refractivity contribution >= 4 is 29.3 Å². The predicted octanol–water partition coefficient (Wildman–Crippen LogP) is 3.83. The number of ether oxygens (including phenoxy) is 1. The van der Waals surface area contributed by atoms with E-state index in [4.69, 9.17) is 4.74 Å². The molecule has 0 unspecified atom stereocenters. The number of aromatic nitrogens is 2. The number of carbonyl (C=O) groups is 2. The van der Waals surface area contributed by atoms with E-state index < -0.39 is 0 Å².